The van der Waals surface area contributed by atoms with E-state index in [1.54, 1.807) is 11.8 Å². The highest BCUT2D eigenvalue weighted by Crippen LogP contribution is 2.51. The molecule has 0 fully saturated rings. The Balaban J connectivity index is 2.66. The van der Waals surface area contributed by atoms with Crippen LogP contribution in [0.1, 0.15) is 90.7 Å². The van der Waals surface area contributed by atoms with Gasteiger partial charge >= 0.3 is 0 Å². The van der Waals surface area contributed by atoms with Gasteiger partial charge in [0.2, 0.25) is 0 Å². The average molecular weight is 554 g/mol. The molecule has 0 saturated heterocycles. The first-order chi connectivity index (χ1) is 18.3. The van der Waals surface area contributed by atoms with Crippen LogP contribution in [-0.2, 0) is 0 Å². The molecule has 5 nitrogen and oxygen atoms in total. The largest absolute Gasteiger partial charge is 0.491 e. The summed E-state index contributed by atoms with van der Waals surface area (Å²) in [6.45, 7) is 11.7. The average Bonchev–Trinajstić information content (AvgIpc) is 2.88. The minimum absolute atomic E-state index is 0.236. The van der Waals surface area contributed by atoms with Gasteiger partial charge < -0.3 is 15.2 Å². The maximum absolute atomic E-state index is 10.2. The number of para-hydroxylation sites is 1. The van der Waals surface area contributed by atoms with Gasteiger partial charge in [0.15, 0.2) is 11.5 Å². The number of anilines is 1. The lowest BCUT2D eigenvalue weighted by atomic mass is 10.1. The van der Waals surface area contributed by atoms with E-state index in [0.717, 1.165) is 46.1 Å². The molecule has 0 saturated carbocycles. The molecule has 2 N–H and O–H groups in total. The van der Waals surface area contributed by atoms with E-state index in [1.165, 1.54) is 31.0 Å². The van der Waals surface area contributed by atoms with Crippen molar-refractivity contribution in [2.24, 2.45) is 11.8 Å². The van der Waals surface area contributed by atoms with Crippen LogP contribution in [0.15, 0.2) is 39.0 Å². The second kappa shape index (κ2) is 17.2. The van der Waals surface area contributed by atoms with E-state index in [0.29, 0.717) is 42.2 Å². The van der Waals surface area contributed by atoms with Crippen molar-refractivity contribution in [3.8, 4) is 23.6 Å². The predicted molar refractivity (Wildman–Crippen MR) is 160 cm³/mol. The zero-order valence-electron chi connectivity index (χ0n) is 23.6. The molecule has 0 unspecified atom stereocenters. The number of hydrogen-bond acceptors (Lipinski definition) is 7. The Kier molecular flexibility index (Phi) is 14.3. The number of ether oxygens (including phenoxy) is 2. The maximum Gasteiger partial charge on any atom is 0.153 e. The first-order valence-corrected chi connectivity index (χ1v) is 15.6. The van der Waals surface area contributed by atoms with E-state index >= 15 is 0 Å². The molecule has 206 valence electrons. The third-order valence-electron chi connectivity index (χ3n) is 6.05. The molecular formula is C31H43N3O2S2. The first kappa shape index (κ1) is 31.7. The highest BCUT2D eigenvalue weighted by Gasteiger charge is 2.28. The molecular weight excluding hydrogens is 510 g/mol. The van der Waals surface area contributed by atoms with E-state index in [-0.39, 0.29) is 11.1 Å². The lowest BCUT2D eigenvalue weighted by Gasteiger charge is -2.22. The summed E-state index contributed by atoms with van der Waals surface area (Å²) in [5, 5.41) is 20.5. The van der Waals surface area contributed by atoms with E-state index in [9.17, 15) is 10.5 Å². The third-order valence-corrected chi connectivity index (χ3v) is 8.54. The molecule has 0 spiro atoms. The van der Waals surface area contributed by atoms with Crippen LogP contribution in [0.25, 0.3) is 0 Å². The normalized spacial score (nSPS) is 11.0. The highest BCUT2D eigenvalue weighted by molar-refractivity contribution is 8.02. The number of unbranched alkanes of at least 4 members (excludes halogenated alkanes) is 4. The van der Waals surface area contributed by atoms with Crippen LogP contribution in [0, 0.1) is 34.5 Å². The summed E-state index contributed by atoms with van der Waals surface area (Å²) in [5.74, 6) is 2.76. The van der Waals surface area contributed by atoms with Crippen LogP contribution in [-0.4, -0.2) is 19.0 Å². The molecule has 0 amide bonds. The molecule has 2 aromatic carbocycles. The number of nitrogens with two attached hydrogens (primary N) is 1. The number of nitriles is 2. The van der Waals surface area contributed by atoms with Crippen molar-refractivity contribution in [1.29, 1.82) is 10.5 Å². The number of thioether (sulfide) groups is 1. The lowest BCUT2D eigenvalue weighted by molar-refractivity contribution is 0.269. The Bertz CT molecular complexity index is 1100. The topological polar surface area (TPSA) is 92.1 Å². The highest BCUT2D eigenvalue weighted by atomic mass is 32.2. The maximum atomic E-state index is 10.2. The zero-order valence-corrected chi connectivity index (χ0v) is 25.3. The van der Waals surface area contributed by atoms with Gasteiger partial charge in [-0.25, -0.2) is 0 Å². The SMILES string of the molecule is CCCCCCCSc1c(OCCC(C)C)c(C#N)c(C#N)c(OCCC(C)C)c1Sc1ccccc1N. The third kappa shape index (κ3) is 9.68. The van der Waals surface area contributed by atoms with Gasteiger partial charge in [0, 0.05) is 10.6 Å². The summed E-state index contributed by atoms with van der Waals surface area (Å²) < 4.78 is 12.6. The molecule has 0 radical (unpaired) electrons. The molecule has 0 heterocycles. The summed E-state index contributed by atoms with van der Waals surface area (Å²) >= 11 is 3.18. The summed E-state index contributed by atoms with van der Waals surface area (Å²) in [4.78, 5) is 2.56. The molecule has 38 heavy (non-hydrogen) atoms. The van der Waals surface area contributed by atoms with E-state index in [4.69, 9.17) is 15.2 Å². The summed E-state index contributed by atoms with van der Waals surface area (Å²) in [6, 6.07) is 12.3. The Hall–Kier alpha value is -2.48. The number of rotatable bonds is 17. The fourth-order valence-electron chi connectivity index (χ4n) is 3.73. The number of nitrogen functional groups attached to an aromatic ring is 1. The monoisotopic (exact) mass is 553 g/mol. The molecule has 0 atom stereocenters. The minimum Gasteiger partial charge on any atom is -0.491 e. The van der Waals surface area contributed by atoms with E-state index in [2.05, 4.69) is 46.8 Å². The van der Waals surface area contributed by atoms with Crippen LogP contribution in [0.2, 0.25) is 0 Å². The van der Waals surface area contributed by atoms with Crippen LogP contribution in [0.3, 0.4) is 0 Å². The molecule has 7 heteroatoms. The predicted octanol–water partition coefficient (Wildman–Crippen LogP) is 9.08. The minimum atomic E-state index is 0.236. The van der Waals surface area contributed by atoms with Crippen LogP contribution < -0.4 is 15.2 Å². The van der Waals surface area contributed by atoms with Gasteiger partial charge in [0.05, 0.1) is 23.0 Å². The van der Waals surface area contributed by atoms with Crippen molar-refractivity contribution >= 4 is 29.2 Å². The molecule has 0 aliphatic carbocycles. The number of hydrogen-bond donors (Lipinski definition) is 1. The second-order valence-electron chi connectivity index (χ2n) is 10.3. The molecule has 0 bridgehead atoms. The fourth-order valence-corrected chi connectivity index (χ4v) is 6.09. The van der Waals surface area contributed by atoms with E-state index in [1.807, 2.05) is 24.3 Å². The van der Waals surface area contributed by atoms with Crippen molar-refractivity contribution < 1.29 is 9.47 Å². The van der Waals surface area contributed by atoms with Gasteiger partial charge in [-0.1, -0.05) is 84.2 Å². The Morgan fingerprint density at radius 2 is 1.37 bits per heavy atom. The Morgan fingerprint density at radius 3 is 1.89 bits per heavy atom. The van der Waals surface area contributed by atoms with Crippen molar-refractivity contribution in [1.82, 2.24) is 0 Å². The Morgan fingerprint density at radius 1 is 0.816 bits per heavy atom. The first-order valence-electron chi connectivity index (χ1n) is 13.8. The van der Waals surface area contributed by atoms with Crippen LogP contribution >= 0.6 is 23.5 Å². The van der Waals surface area contributed by atoms with Gasteiger partial charge in [-0.2, -0.15) is 10.5 Å². The van der Waals surface area contributed by atoms with Crippen molar-refractivity contribution in [2.75, 3.05) is 24.7 Å². The number of nitrogens with zero attached hydrogens (tertiary/aromatic N) is 2. The van der Waals surface area contributed by atoms with Crippen LogP contribution in [0.5, 0.6) is 11.5 Å². The second-order valence-corrected chi connectivity index (χ2v) is 12.4. The molecule has 0 aliphatic rings. The van der Waals surface area contributed by atoms with Crippen molar-refractivity contribution in [3.05, 3.63) is 35.4 Å². The quantitative estimate of drug-likeness (QED) is 0.119. The molecule has 0 aliphatic heterocycles. The summed E-state index contributed by atoms with van der Waals surface area (Å²) in [7, 11) is 0. The zero-order chi connectivity index (χ0) is 27.9. The number of benzene rings is 2. The lowest BCUT2D eigenvalue weighted by Crippen LogP contribution is -2.09. The van der Waals surface area contributed by atoms with Gasteiger partial charge in [0.1, 0.15) is 23.3 Å². The smallest absolute Gasteiger partial charge is 0.153 e. The Labute approximate surface area is 238 Å². The van der Waals surface area contributed by atoms with Crippen LogP contribution in [0.4, 0.5) is 5.69 Å². The fraction of sp³-hybridized carbons (Fsp3) is 0.548. The van der Waals surface area contributed by atoms with Gasteiger partial charge in [-0.05, 0) is 49.0 Å². The standard InChI is InChI=1S/C31H43N3O2S2/c1-6-7-8-9-12-19-37-30-28(35-17-15-22(2)3)24(20-32)25(21-33)29(36-18-16-23(4)5)31(30)38-27-14-11-10-13-26(27)34/h10-11,13-14,22-23H,6-9,12,15-19,34H2,1-5H3. The molecule has 2 aromatic rings. The van der Waals surface area contributed by atoms with Crippen molar-refractivity contribution in [3.63, 3.8) is 0 Å². The van der Waals surface area contributed by atoms with Gasteiger partial charge in [-0.3, -0.25) is 0 Å². The van der Waals surface area contributed by atoms with Gasteiger partial charge in [0.25, 0.3) is 0 Å². The van der Waals surface area contributed by atoms with Gasteiger partial charge in [-0.15, -0.1) is 11.8 Å². The summed E-state index contributed by atoms with van der Waals surface area (Å²) in [5.41, 5.74) is 7.49. The molecule has 2 rings (SSSR count). The summed E-state index contributed by atoms with van der Waals surface area (Å²) in [6.07, 6.45) is 7.60. The van der Waals surface area contributed by atoms with E-state index < -0.39 is 0 Å². The molecule has 0 aromatic heterocycles. The van der Waals surface area contributed by atoms with Crippen molar-refractivity contribution in [2.45, 2.75) is 94.3 Å².